The first-order chi connectivity index (χ1) is 13.1. The first-order valence-corrected chi connectivity index (χ1v) is 9.29. The first-order valence-electron chi connectivity index (χ1n) is 8.41. The van der Waals surface area contributed by atoms with Crippen LogP contribution in [0.1, 0.15) is 16.1 Å². The minimum atomic E-state index is -0.194. The van der Waals surface area contributed by atoms with E-state index in [-0.39, 0.29) is 5.91 Å². The van der Waals surface area contributed by atoms with Gasteiger partial charge in [-0.25, -0.2) is 4.98 Å². The van der Waals surface area contributed by atoms with Crippen molar-refractivity contribution in [1.29, 1.82) is 0 Å². The van der Waals surface area contributed by atoms with Crippen LogP contribution < -0.4 is 10.1 Å². The quantitative estimate of drug-likeness (QED) is 0.549. The fourth-order valence-corrected chi connectivity index (χ4v) is 3.54. The van der Waals surface area contributed by atoms with Gasteiger partial charge in [0.1, 0.15) is 10.8 Å². The summed E-state index contributed by atoms with van der Waals surface area (Å²) in [6, 6.07) is 15.1. The molecule has 0 bridgehead atoms. The van der Waals surface area contributed by atoms with Crippen molar-refractivity contribution in [1.82, 2.24) is 9.97 Å². The Morgan fingerprint density at radius 1 is 1.15 bits per heavy atom. The number of thiazole rings is 1. The van der Waals surface area contributed by atoms with Crippen LogP contribution in [0.2, 0.25) is 0 Å². The third kappa shape index (κ3) is 3.52. The second kappa shape index (κ2) is 7.17. The maximum Gasteiger partial charge on any atom is 0.257 e. The third-order valence-electron chi connectivity index (χ3n) is 4.26. The number of nitrogens with one attached hydrogen (secondary N) is 1. The van der Waals surface area contributed by atoms with E-state index in [2.05, 4.69) is 15.3 Å². The van der Waals surface area contributed by atoms with Crippen LogP contribution in [0.4, 0.5) is 5.69 Å². The van der Waals surface area contributed by atoms with Gasteiger partial charge in [-0.15, -0.1) is 11.3 Å². The molecular weight excluding hydrogens is 358 g/mol. The Kier molecular flexibility index (Phi) is 4.56. The van der Waals surface area contributed by atoms with Crippen LogP contribution in [0.5, 0.6) is 5.75 Å². The van der Waals surface area contributed by atoms with E-state index in [4.69, 9.17) is 4.74 Å². The van der Waals surface area contributed by atoms with Crippen molar-refractivity contribution < 1.29 is 9.53 Å². The third-order valence-corrected chi connectivity index (χ3v) is 5.08. The number of hydrogen-bond acceptors (Lipinski definition) is 5. The normalized spacial score (nSPS) is 10.7. The Hall–Kier alpha value is -3.25. The molecule has 0 spiro atoms. The monoisotopic (exact) mass is 375 g/mol. The second-order valence-electron chi connectivity index (χ2n) is 6.05. The summed E-state index contributed by atoms with van der Waals surface area (Å²) in [4.78, 5) is 21.7. The van der Waals surface area contributed by atoms with E-state index in [0.29, 0.717) is 11.3 Å². The van der Waals surface area contributed by atoms with Crippen molar-refractivity contribution in [3.05, 3.63) is 71.4 Å². The number of ether oxygens (including phenoxy) is 1. The van der Waals surface area contributed by atoms with Crippen molar-refractivity contribution in [2.24, 2.45) is 0 Å². The molecule has 0 atom stereocenters. The van der Waals surface area contributed by atoms with Crippen LogP contribution in [-0.4, -0.2) is 23.0 Å². The molecule has 0 saturated carbocycles. The summed E-state index contributed by atoms with van der Waals surface area (Å²) in [6.07, 6.45) is 1.77. The van der Waals surface area contributed by atoms with Gasteiger partial charge in [0, 0.05) is 28.2 Å². The Morgan fingerprint density at radius 3 is 2.81 bits per heavy atom. The molecule has 0 aliphatic carbocycles. The number of aryl methyl sites for hydroxylation is 1. The van der Waals surface area contributed by atoms with Crippen LogP contribution in [0.3, 0.4) is 0 Å². The van der Waals surface area contributed by atoms with Crippen molar-refractivity contribution in [3.8, 4) is 16.3 Å². The fraction of sp³-hybridized carbons (Fsp3) is 0.0952. The number of anilines is 1. The Morgan fingerprint density at radius 2 is 2.04 bits per heavy atom. The first kappa shape index (κ1) is 17.2. The van der Waals surface area contributed by atoms with E-state index in [0.717, 1.165) is 32.9 Å². The lowest BCUT2D eigenvalue weighted by Gasteiger charge is -2.10. The highest BCUT2D eigenvalue weighted by atomic mass is 32.1. The zero-order chi connectivity index (χ0) is 18.8. The highest BCUT2D eigenvalue weighted by Crippen LogP contribution is 2.26. The smallest absolute Gasteiger partial charge is 0.257 e. The van der Waals surface area contributed by atoms with Gasteiger partial charge in [-0.3, -0.25) is 9.78 Å². The number of nitrogens with zero attached hydrogens (tertiary/aromatic N) is 2. The Balaban J connectivity index is 1.65. The summed E-state index contributed by atoms with van der Waals surface area (Å²) in [5.74, 6) is 0.539. The number of fused-ring (bicyclic) bond motifs is 1. The summed E-state index contributed by atoms with van der Waals surface area (Å²) in [5.41, 5.74) is 3.74. The summed E-state index contributed by atoms with van der Waals surface area (Å²) in [5, 5.41) is 6.67. The van der Waals surface area contributed by atoms with E-state index in [1.54, 1.807) is 24.6 Å². The van der Waals surface area contributed by atoms with Gasteiger partial charge in [-0.2, -0.15) is 0 Å². The molecule has 27 heavy (non-hydrogen) atoms. The molecule has 0 radical (unpaired) electrons. The highest BCUT2D eigenvalue weighted by Gasteiger charge is 2.13. The molecule has 4 aromatic rings. The largest absolute Gasteiger partial charge is 0.497 e. The fourth-order valence-electron chi connectivity index (χ4n) is 2.90. The number of carbonyl (C=O) groups excluding carboxylic acids is 1. The summed E-state index contributed by atoms with van der Waals surface area (Å²) >= 11 is 1.56. The van der Waals surface area contributed by atoms with E-state index in [1.165, 1.54) is 0 Å². The second-order valence-corrected chi connectivity index (χ2v) is 6.95. The van der Waals surface area contributed by atoms with Gasteiger partial charge in [0.2, 0.25) is 0 Å². The molecule has 4 rings (SSSR count). The van der Waals surface area contributed by atoms with E-state index in [1.807, 2.05) is 60.8 Å². The summed E-state index contributed by atoms with van der Waals surface area (Å²) < 4.78 is 5.26. The van der Waals surface area contributed by atoms with E-state index in [9.17, 15) is 4.79 Å². The molecule has 1 N–H and O–H groups in total. The van der Waals surface area contributed by atoms with Gasteiger partial charge < -0.3 is 10.1 Å². The lowest BCUT2D eigenvalue weighted by molar-refractivity contribution is 0.102. The Labute approximate surface area is 160 Å². The van der Waals surface area contributed by atoms with Crippen LogP contribution in [0.15, 0.2) is 60.1 Å². The lowest BCUT2D eigenvalue weighted by Crippen LogP contribution is -2.14. The predicted octanol–water partition coefficient (Wildman–Crippen LogP) is 4.93. The molecule has 2 heterocycles. The zero-order valence-electron chi connectivity index (χ0n) is 14.9. The van der Waals surface area contributed by atoms with Gasteiger partial charge in [-0.1, -0.05) is 12.1 Å². The highest BCUT2D eigenvalue weighted by molar-refractivity contribution is 7.13. The minimum absolute atomic E-state index is 0.194. The lowest BCUT2D eigenvalue weighted by atomic mass is 10.1. The van der Waals surface area contributed by atoms with Crippen molar-refractivity contribution in [3.63, 3.8) is 0 Å². The zero-order valence-corrected chi connectivity index (χ0v) is 15.7. The number of aromatic nitrogens is 2. The number of carbonyl (C=O) groups is 1. The van der Waals surface area contributed by atoms with Gasteiger partial charge >= 0.3 is 0 Å². The molecule has 0 aliphatic rings. The number of pyridine rings is 1. The number of hydrogen-bond donors (Lipinski definition) is 1. The van der Waals surface area contributed by atoms with Crippen LogP contribution in [0, 0.1) is 6.92 Å². The molecule has 134 valence electrons. The molecular formula is C21H17N3O2S. The number of rotatable bonds is 4. The molecule has 0 fully saturated rings. The Bertz CT molecular complexity index is 1120. The maximum absolute atomic E-state index is 12.8. The summed E-state index contributed by atoms with van der Waals surface area (Å²) in [6.45, 7) is 1.84. The molecule has 0 aliphatic heterocycles. The van der Waals surface area contributed by atoms with Crippen LogP contribution >= 0.6 is 11.3 Å². The molecule has 2 aromatic heterocycles. The van der Waals surface area contributed by atoms with Crippen LogP contribution in [0.25, 0.3) is 21.5 Å². The predicted molar refractivity (Wildman–Crippen MR) is 109 cm³/mol. The number of benzene rings is 2. The van der Waals surface area contributed by atoms with Gasteiger partial charge in [0.15, 0.2) is 0 Å². The number of amides is 1. The minimum Gasteiger partial charge on any atom is -0.497 e. The van der Waals surface area contributed by atoms with Gasteiger partial charge in [-0.05, 0) is 43.3 Å². The average molecular weight is 375 g/mol. The van der Waals surface area contributed by atoms with Crippen LogP contribution in [-0.2, 0) is 0 Å². The molecule has 6 heteroatoms. The van der Waals surface area contributed by atoms with Gasteiger partial charge in [0.25, 0.3) is 5.91 Å². The van der Waals surface area contributed by atoms with Crippen molar-refractivity contribution in [2.75, 3.05) is 12.4 Å². The summed E-state index contributed by atoms with van der Waals surface area (Å²) in [7, 11) is 1.62. The van der Waals surface area contributed by atoms with Crippen molar-refractivity contribution in [2.45, 2.75) is 6.92 Å². The molecule has 0 unspecified atom stereocenters. The topological polar surface area (TPSA) is 64.1 Å². The van der Waals surface area contributed by atoms with Gasteiger partial charge in [0.05, 0.1) is 23.9 Å². The van der Waals surface area contributed by atoms with E-state index >= 15 is 0 Å². The molecule has 1 amide bonds. The maximum atomic E-state index is 12.8. The van der Waals surface area contributed by atoms with Crippen molar-refractivity contribution >= 4 is 33.8 Å². The molecule has 0 saturated heterocycles. The standard InChI is InChI=1S/C21H17N3O2S/c1-13-18(12-15-11-17(26-2)6-7-19(15)23-13)20(25)24-16-5-3-4-14(10-16)21-22-8-9-27-21/h3-12H,1-2H3,(H,24,25). The molecule has 2 aromatic carbocycles. The average Bonchev–Trinajstić information content (AvgIpc) is 3.22. The number of methoxy groups -OCH3 is 1. The molecule has 5 nitrogen and oxygen atoms in total. The van der Waals surface area contributed by atoms with E-state index < -0.39 is 0 Å². The SMILES string of the molecule is COc1ccc2nc(C)c(C(=O)Nc3cccc(-c4nccs4)c3)cc2c1.